The maximum atomic E-state index is 13.3. The fourth-order valence-electron chi connectivity index (χ4n) is 3.12. The molecule has 1 amide bonds. The van der Waals surface area contributed by atoms with E-state index in [1.165, 1.54) is 17.0 Å². The SMILES string of the molecule is CCCCc1ccc(N2C(=O)CS/C2=C(\C(=O)OC)S(=O)(=O)c2ccccc2)cc1. The molecule has 6 nitrogen and oxygen atoms in total. The summed E-state index contributed by atoms with van der Waals surface area (Å²) in [6.45, 7) is 2.12. The normalized spacial score (nSPS) is 15.9. The summed E-state index contributed by atoms with van der Waals surface area (Å²) < 4.78 is 31.3. The molecular formula is C22H23NO5S2. The number of hydrogen-bond acceptors (Lipinski definition) is 6. The molecule has 1 aliphatic rings. The highest BCUT2D eigenvalue weighted by atomic mass is 32.2. The van der Waals surface area contributed by atoms with Crippen molar-refractivity contribution in [2.24, 2.45) is 0 Å². The second-order valence-corrected chi connectivity index (χ2v) is 9.58. The van der Waals surface area contributed by atoms with E-state index < -0.39 is 20.7 Å². The zero-order chi connectivity index (χ0) is 21.7. The fourth-order valence-corrected chi connectivity index (χ4v) is 5.94. The van der Waals surface area contributed by atoms with Crippen molar-refractivity contribution in [2.75, 3.05) is 17.8 Å². The van der Waals surface area contributed by atoms with E-state index in [2.05, 4.69) is 6.92 Å². The second-order valence-electron chi connectivity index (χ2n) is 6.73. The van der Waals surface area contributed by atoms with Crippen LogP contribution in [0.2, 0.25) is 0 Å². The van der Waals surface area contributed by atoms with Crippen molar-refractivity contribution in [1.29, 1.82) is 0 Å². The molecule has 0 spiro atoms. The monoisotopic (exact) mass is 445 g/mol. The lowest BCUT2D eigenvalue weighted by molar-refractivity contribution is -0.135. The van der Waals surface area contributed by atoms with E-state index in [1.807, 2.05) is 12.1 Å². The Kier molecular flexibility index (Phi) is 6.99. The fraction of sp³-hybridized carbons (Fsp3) is 0.273. The molecule has 0 atom stereocenters. The Morgan fingerprint density at radius 1 is 1.10 bits per heavy atom. The number of sulfone groups is 1. The number of thioether (sulfide) groups is 1. The van der Waals surface area contributed by atoms with Gasteiger partial charge in [0.05, 0.1) is 17.8 Å². The van der Waals surface area contributed by atoms with E-state index in [-0.39, 0.29) is 21.6 Å². The molecule has 1 fully saturated rings. The summed E-state index contributed by atoms with van der Waals surface area (Å²) >= 11 is 1.02. The highest BCUT2D eigenvalue weighted by Gasteiger charge is 2.39. The Morgan fingerprint density at radius 3 is 2.37 bits per heavy atom. The molecule has 1 heterocycles. The number of amides is 1. The minimum Gasteiger partial charge on any atom is -0.465 e. The van der Waals surface area contributed by atoms with E-state index in [1.54, 1.807) is 30.3 Å². The standard InChI is InChI=1S/C22H23NO5S2/c1-3-4-8-16-11-13-17(14-12-16)23-19(24)15-29-21(23)20(22(25)28-2)30(26,27)18-9-6-5-7-10-18/h5-7,9-14H,3-4,8,15H2,1-2H3/b21-20+. The van der Waals surface area contributed by atoms with Gasteiger partial charge in [-0.3, -0.25) is 9.69 Å². The largest absolute Gasteiger partial charge is 0.465 e. The molecular weight excluding hydrogens is 422 g/mol. The highest BCUT2D eigenvalue weighted by Crippen LogP contribution is 2.39. The zero-order valence-electron chi connectivity index (χ0n) is 16.8. The Balaban J connectivity index is 2.11. The maximum Gasteiger partial charge on any atom is 0.352 e. The summed E-state index contributed by atoms with van der Waals surface area (Å²) in [5.41, 5.74) is 1.65. The summed E-state index contributed by atoms with van der Waals surface area (Å²) in [7, 11) is -3.07. The van der Waals surface area contributed by atoms with Crippen molar-refractivity contribution < 1.29 is 22.7 Å². The van der Waals surface area contributed by atoms with E-state index in [4.69, 9.17) is 4.74 Å². The summed E-state index contributed by atoms with van der Waals surface area (Å²) in [4.78, 5) is 25.9. The number of esters is 1. The minimum atomic E-state index is -4.19. The van der Waals surface area contributed by atoms with Gasteiger partial charge in [0, 0.05) is 5.69 Å². The first-order chi connectivity index (χ1) is 14.4. The van der Waals surface area contributed by atoms with Crippen LogP contribution in [0.15, 0.2) is 69.4 Å². The highest BCUT2D eigenvalue weighted by molar-refractivity contribution is 8.06. The molecule has 0 bridgehead atoms. The van der Waals surface area contributed by atoms with E-state index >= 15 is 0 Å². The average molecular weight is 446 g/mol. The first kappa shape index (κ1) is 22.1. The van der Waals surface area contributed by atoms with E-state index in [0.717, 1.165) is 43.7 Å². The lowest BCUT2D eigenvalue weighted by Crippen LogP contribution is -2.28. The number of nitrogens with zero attached hydrogens (tertiary/aromatic N) is 1. The van der Waals surface area contributed by atoms with Crippen LogP contribution in [0.4, 0.5) is 5.69 Å². The first-order valence-corrected chi connectivity index (χ1v) is 12.0. The summed E-state index contributed by atoms with van der Waals surface area (Å²) in [6.07, 6.45) is 3.07. The Labute approximate surface area is 180 Å². The molecule has 1 saturated heterocycles. The van der Waals surface area contributed by atoms with Crippen LogP contribution in [0.1, 0.15) is 25.3 Å². The number of carbonyl (C=O) groups is 2. The smallest absolute Gasteiger partial charge is 0.352 e. The molecule has 0 saturated carbocycles. The van der Waals surface area contributed by atoms with Crippen molar-refractivity contribution in [3.8, 4) is 0 Å². The van der Waals surface area contributed by atoms with Gasteiger partial charge in [0.1, 0.15) is 5.03 Å². The molecule has 0 aromatic heterocycles. The van der Waals surface area contributed by atoms with Crippen LogP contribution in [0, 0.1) is 0 Å². The van der Waals surface area contributed by atoms with Crippen LogP contribution < -0.4 is 4.90 Å². The van der Waals surface area contributed by atoms with Gasteiger partial charge in [0.2, 0.25) is 15.7 Å². The quantitative estimate of drug-likeness (QED) is 0.475. The van der Waals surface area contributed by atoms with Crippen molar-refractivity contribution in [3.63, 3.8) is 0 Å². The molecule has 1 aliphatic heterocycles. The molecule has 3 rings (SSSR count). The number of aryl methyl sites for hydroxylation is 1. The first-order valence-electron chi connectivity index (χ1n) is 9.57. The third-order valence-corrected chi connectivity index (χ3v) is 7.66. The van der Waals surface area contributed by atoms with E-state index in [9.17, 15) is 18.0 Å². The molecule has 0 radical (unpaired) electrons. The van der Waals surface area contributed by atoms with Crippen molar-refractivity contribution in [2.45, 2.75) is 31.1 Å². The number of hydrogen-bond donors (Lipinski definition) is 0. The van der Waals surface area contributed by atoms with Gasteiger partial charge in [-0.1, -0.05) is 55.4 Å². The molecule has 8 heteroatoms. The summed E-state index contributed by atoms with van der Waals surface area (Å²) in [6, 6.07) is 15.0. The molecule has 0 N–H and O–H groups in total. The molecule has 2 aromatic carbocycles. The maximum absolute atomic E-state index is 13.3. The number of rotatable bonds is 7. The number of anilines is 1. The van der Waals surface area contributed by atoms with Crippen LogP contribution in [-0.4, -0.2) is 33.2 Å². The van der Waals surface area contributed by atoms with E-state index in [0.29, 0.717) is 5.69 Å². The van der Waals surface area contributed by atoms with Crippen LogP contribution in [0.3, 0.4) is 0 Å². The van der Waals surface area contributed by atoms with Gasteiger partial charge in [-0.2, -0.15) is 0 Å². The number of methoxy groups -OCH3 is 1. The Hall–Kier alpha value is -2.58. The van der Waals surface area contributed by atoms with Gasteiger partial charge >= 0.3 is 5.97 Å². The minimum absolute atomic E-state index is 0.0345. The number of unbranched alkanes of at least 4 members (excludes halogenated alkanes) is 1. The Bertz CT molecular complexity index is 1060. The van der Waals surface area contributed by atoms with Gasteiger partial charge in [0.25, 0.3) is 0 Å². The van der Waals surface area contributed by atoms with Crippen LogP contribution in [0.5, 0.6) is 0 Å². The van der Waals surface area contributed by atoms with Crippen LogP contribution >= 0.6 is 11.8 Å². The number of ether oxygens (including phenoxy) is 1. The number of benzene rings is 2. The average Bonchev–Trinajstić information content (AvgIpc) is 3.13. The van der Waals surface area contributed by atoms with Crippen molar-refractivity contribution in [1.82, 2.24) is 0 Å². The van der Waals surface area contributed by atoms with Crippen LogP contribution in [-0.2, 0) is 30.6 Å². The van der Waals surface area contributed by atoms with Gasteiger partial charge in [-0.25, -0.2) is 13.2 Å². The molecule has 158 valence electrons. The molecule has 2 aromatic rings. The number of carbonyl (C=O) groups excluding carboxylic acids is 2. The predicted molar refractivity (Wildman–Crippen MR) is 118 cm³/mol. The lowest BCUT2D eigenvalue weighted by atomic mass is 10.1. The topological polar surface area (TPSA) is 80.8 Å². The Morgan fingerprint density at radius 2 is 1.77 bits per heavy atom. The van der Waals surface area contributed by atoms with Crippen molar-refractivity contribution >= 4 is 39.2 Å². The van der Waals surface area contributed by atoms with Gasteiger partial charge in [0.15, 0.2) is 4.91 Å². The van der Waals surface area contributed by atoms with Gasteiger partial charge in [-0.05, 0) is 42.7 Å². The molecule has 0 aliphatic carbocycles. The lowest BCUT2D eigenvalue weighted by Gasteiger charge is -2.20. The molecule has 30 heavy (non-hydrogen) atoms. The third-order valence-electron chi connectivity index (χ3n) is 4.69. The summed E-state index contributed by atoms with van der Waals surface area (Å²) in [5.74, 6) is -1.25. The predicted octanol–water partition coefficient (Wildman–Crippen LogP) is 3.93. The third kappa shape index (κ3) is 4.44. The van der Waals surface area contributed by atoms with Gasteiger partial charge < -0.3 is 4.74 Å². The summed E-state index contributed by atoms with van der Waals surface area (Å²) in [5, 5.41) is 0.0667. The van der Waals surface area contributed by atoms with Gasteiger partial charge in [-0.15, -0.1) is 0 Å². The molecule has 0 unspecified atom stereocenters. The van der Waals surface area contributed by atoms with Crippen molar-refractivity contribution in [3.05, 3.63) is 70.1 Å². The second kappa shape index (κ2) is 9.49. The zero-order valence-corrected chi connectivity index (χ0v) is 18.5. The van der Waals surface area contributed by atoms with Crippen LogP contribution in [0.25, 0.3) is 0 Å².